The molecule has 0 spiro atoms. The van der Waals surface area contributed by atoms with Crippen LogP contribution in [0.25, 0.3) is 0 Å². The number of nitrogens with one attached hydrogen (secondary N) is 2. The first-order valence-corrected chi connectivity index (χ1v) is 6.97. The predicted molar refractivity (Wildman–Crippen MR) is 82.1 cm³/mol. The monoisotopic (exact) mass is 288 g/mol. The molecule has 0 radical (unpaired) electrons. The molecule has 21 heavy (non-hydrogen) atoms. The normalized spacial score (nSPS) is 15.4. The van der Waals surface area contributed by atoms with Crippen LogP contribution in [0.5, 0.6) is 0 Å². The van der Waals surface area contributed by atoms with E-state index in [1.165, 1.54) is 0 Å². The molecule has 2 N–H and O–H groups in total. The highest BCUT2D eigenvalue weighted by Crippen LogP contribution is 2.12. The second-order valence-corrected chi connectivity index (χ2v) is 5.19. The summed E-state index contributed by atoms with van der Waals surface area (Å²) in [6, 6.07) is 7.30. The van der Waals surface area contributed by atoms with Gasteiger partial charge in [-0.05, 0) is 25.6 Å². The molecule has 0 aliphatic carbocycles. The maximum Gasteiger partial charge on any atom is 0.329 e. The van der Waals surface area contributed by atoms with Crippen LogP contribution in [0.3, 0.4) is 0 Å². The molecule has 6 nitrogen and oxygen atoms in total. The van der Waals surface area contributed by atoms with Crippen LogP contribution in [0.1, 0.15) is 18.4 Å². The van der Waals surface area contributed by atoms with Crippen molar-refractivity contribution in [2.45, 2.75) is 19.8 Å². The summed E-state index contributed by atoms with van der Waals surface area (Å²) >= 11 is 0. The lowest BCUT2D eigenvalue weighted by atomic mass is 10.1. The third kappa shape index (κ3) is 4.39. The molecule has 6 heteroatoms. The number of aryl methyl sites for hydroxylation is 1. The molecule has 1 aromatic carbocycles. The Bertz CT molecular complexity index is 559. The van der Waals surface area contributed by atoms with E-state index in [1.54, 1.807) is 12.1 Å². The Labute approximate surface area is 124 Å². The van der Waals surface area contributed by atoms with Crippen molar-refractivity contribution in [1.82, 2.24) is 10.3 Å². The molecule has 1 aliphatic heterocycles. The second-order valence-electron chi connectivity index (χ2n) is 5.19. The lowest BCUT2D eigenvalue weighted by Gasteiger charge is -2.22. The van der Waals surface area contributed by atoms with Gasteiger partial charge in [-0.1, -0.05) is 18.2 Å². The number of piperidine rings is 1. The molecular formula is C15H20N4O2. The first-order valence-electron chi connectivity index (χ1n) is 6.97. The minimum atomic E-state index is -0.746. The molecule has 0 bridgehead atoms. The van der Waals surface area contributed by atoms with E-state index in [2.05, 4.69) is 20.7 Å². The number of carbonyl (C=O) groups excluding carboxylic acids is 2. The SMILES string of the molecule is Cc1ccccc1NC(=O)C(=O)NN=C1CCN(C)CC1. The van der Waals surface area contributed by atoms with Crippen LogP contribution in [0.15, 0.2) is 29.4 Å². The first-order chi connectivity index (χ1) is 10.1. The molecule has 112 valence electrons. The van der Waals surface area contributed by atoms with Gasteiger partial charge in [0, 0.05) is 37.3 Å². The number of carbonyl (C=O) groups is 2. The average molecular weight is 288 g/mol. The Morgan fingerprint density at radius 1 is 1.14 bits per heavy atom. The molecule has 1 fully saturated rings. The van der Waals surface area contributed by atoms with Crippen molar-refractivity contribution in [1.29, 1.82) is 0 Å². The molecule has 1 saturated heterocycles. The smallest absolute Gasteiger partial charge is 0.317 e. The molecular weight excluding hydrogens is 268 g/mol. The van der Waals surface area contributed by atoms with Crippen LogP contribution in [-0.2, 0) is 9.59 Å². The Balaban J connectivity index is 1.87. The number of amides is 2. The number of rotatable bonds is 2. The van der Waals surface area contributed by atoms with E-state index in [1.807, 2.05) is 26.1 Å². The van der Waals surface area contributed by atoms with E-state index in [4.69, 9.17) is 0 Å². The van der Waals surface area contributed by atoms with Crippen molar-refractivity contribution in [2.75, 3.05) is 25.5 Å². The van der Waals surface area contributed by atoms with Crippen molar-refractivity contribution in [3.8, 4) is 0 Å². The lowest BCUT2D eigenvalue weighted by molar-refractivity contribution is -0.136. The zero-order valence-electron chi connectivity index (χ0n) is 12.3. The predicted octanol–water partition coefficient (Wildman–Crippen LogP) is 1.13. The Hall–Kier alpha value is -2.21. The van der Waals surface area contributed by atoms with Gasteiger partial charge in [0.05, 0.1) is 0 Å². The summed E-state index contributed by atoms with van der Waals surface area (Å²) in [5.74, 6) is -1.45. The maximum absolute atomic E-state index is 11.8. The highest BCUT2D eigenvalue weighted by Gasteiger charge is 2.15. The third-order valence-electron chi connectivity index (χ3n) is 3.48. The number of hydrazone groups is 1. The summed E-state index contributed by atoms with van der Waals surface area (Å²) in [4.78, 5) is 25.7. The molecule has 1 aliphatic rings. The van der Waals surface area contributed by atoms with Gasteiger partial charge < -0.3 is 10.2 Å². The lowest BCUT2D eigenvalue weighted by Crippen LogP contribution is -2.35. The quantitative estimate of drug-likeness (QED) is 0.633. The summed E-state index contributed by atoms with van der Waals surface area (Å²) < 4.78 is 0. The summed E-state index contributed by atoms with van der Waals surface area (Å²) in [6.45, 7) is 3.71. The van der Waals surface area contributed by atoms with Gasteiger partial charge in [0.15, 0.2) is 0 Å². The molecule has 1 heterocycles. The molecule has 0 saturated carbocycles. The summed E-state index contributed by atoms with van der Waals surface area (Å²) in [5.41, 5.74) is 4.78. The number of para-hydroxylation sites is 1. The van der Waals surface area contributed by atoms with Gasteiger partial charge in [0.1, 0.15) is 0 Å². The number of benzene rings is 1. The standard InChI is InChI=1S/C15H20N4O2/c1-11-5-3-4-6-13(11)16-14(20)15(21)18-17-12-7-9-19(2)10-8-12/h3-6H,7-10H2,1-2H3,(H,16,20)(H,18,21). The van der Waals surface area contributed by atoms with Gasteiger partial charge in [0.2, 0.25) is 0 Å². The highest BCUT2D eigenvalue weighted by atomic mass is 16.2. The van der Waals surface area contributed by atoms with Gasteiger partial charge in [-0.15, -0.1) is 0 Å². The Kier molecular flexibility index (Phi) is 5.05. The van der Waals surface area contributed by atoms with Crippen LogP contribution in [0, 0.1) is 6.92 Å². The minimum Gasteiger partial charge on any atom is -0.317 e. The maximum atomic E-state index is 11.8. The van der Waals surface area contributed by atoms with Crippen LogP contribution < -0.4 is 10.7 Å². The van der Waals surface area contributed by atoms with Crippen LogP contribution in [0.2, 0.25) is 0 Å². The molecule has 1 aromatic rings. The van der Waals surface area contributed by atoms with E-state index in [0.29, 0.717) is 5.69 Å². The zero-order chi connectivity index (χ0) is 15.2. The van der Waals surface area contributed by atoms with Gasteiger partial charge in [-0.25, -0.2) is 5.43 Å². The summed E-state index contributed by atoms with van der Waals surface area (Å²) in [5, 5.41) is 6.61. The van der Waals surface area contributed by atoms with Crippen molar-refractivity contribution in [3.63, 3.8) is 0 Å². The molecule has 0 atom stereocenters. The van der Waals surface area contributed by atoms with E-state index in [9.17, 15) is 9.59 Å². The second kappa shape index (κ2) is 6.99. The third-order valence-corrected chi connectivity index (χ3v) is 3.48. The first kappa shape index (κ1) is 15.2. The zero-order valence-corrected chi connectivity index (χ0v) is 12.3. The average Bonchev–Trinajstić information content (AvgIpc) is 2.48. The fraction of sp³-hybridized carbons (Fsp3) is 0.400. The van der Waals surface area contributed by atoms with Crippen molar-refractivity contribution in [2.24, 2.45) is 5.10 Å². The van der Waals surface area contributed by atoms with Crippen molar-refractivity contribution >= 4 is 23.2 Å². The van der Waals surface area contributed by atoms with E-state index >= 15 is 0 Å². The molecule has 0 unspecified atom stereocenters. The number of anilines is 1. The molecule has 2 rings (SSSR count). The van der Waals surface area contributed by atoms with Crippen LogP contribution in [-0.4, -0.2) is 42.6 Å². The number of hydrogen-bond acceptors (Lipinski definition) is 4. The largest absolute Gasteiger partial charge is 0.329 e. The topological polar surface area (TPSA) is 73.8 Å². The fourth-order valence-electron chi connectivity index (χ4n) is 2.06. The van der Waals surface area contributed by atoms with Gasteiger partial charge >= 0.3 is 11.8 Å². The van der Waals surface area contributed by atoms with Gasteiger partial charge in [0.25, 0.3) is 0 Å². The number of nitrogens with zero attached hydrogens (tertiary/aromatic N) is 2. The van der Waals surface area contributed by atoms with Crippen molar-refractivity contribution < 1.29 is 9.59 Å². The van der Waals surface area contributed by atoms with Gasteiger partial charge in [-0.2, -0.15) is 5.10 Å². The Morgan fingerprint density at radius 3 is 2.48 bits per heavy atom. The molecule has 2 amide bonds. The number of hydrogen-bond donors (Lipinski definition) is 2. The summed E-state index contributed by atoms with van der Waals surface area (Å²) in [6.07, 6.45) is 1.63. The number of likely N-dealkylation sites (tertiary alicyclic amines) is 1. The van der Waals surface area contributed by atoms with Gasteiger partial charge in [-0.3, -0.25) is 9.59 Å². The highest BCUT2D eigenvalue weighted by molar-refractivity contribution is 6.39. The minimum absolute atomic E-state index is 0.629. The fourth-order valence-corrected chi connectivity index (χ4v) is 2.06. The van der Waals surface area contributed by atoms with Crippen LogP contribution >= 0.6 is 0 Å². The molecule has 0 aromatic heterocycles. The van der Waals surface area contributed by atoms with Crippen molar-refractivity contribution in [3.05, 3.63) is 29.8 Å². The summed E-state index contributed by atoms with van der Waals surface area (Å²) in [7, 11) is 2.05. The van der Waals surface area contributed by atoms with E-state index < -0.39 is 11.8 Å². The van der Waals surface area contributed by atoms with E-state index in [0.717, 1.165) is 37.2 Å². The van der Waals surface area contributed by atoms with E-state index in [-0.39, 0.29) is 0 Å². The van der Waals surface area contributed by atoms with Crippen LogP contribution in [0.4, 0.5) is 5.69 Å². The Morgan fingerprint density at radius 2 is 1.81 bits per heavy atom.